The van der Waals surface area contributed by atoms with Crippen LogP contribution in [0.1, 0.15) is 33.6 Å². The molecule has 1 N–H and O–H groups in total. The molecule has 1 fully saturated rings. The normalized spacial score (nSPS) is 18.9. The Kier molecular flexibility index (Phi) is 8.11. The zero-order valence-electron chi connectivity index (χ0n) is 23.7. The topological polar surface area (TPSA) is 124 Å². The molecule has 12 heteroatoms. The molecule has 10 nitrogen and oxygen atoms in total. The summed E-state index contributed by atoms with van der Waals surface area (Å²) in [5.74, 6) is -2.52. The average molecular weight is 630 g/mol. The van der Waals surface area contributed by atoms with E-state index in [1.165, 1.54) is 16.7 Å². The van der Waals surface area contributed by atoms with Crippen molar-refractivity contribution in [1.82, 2.24) is 4.57 Å². The molecule has 44 heavy (non-hydrogen) atoms. The molecular formula is C32H27N3O7S2. The summed E-state index contributed by atoms with van der Waals surface area (Å²) in [5.41, 5.74) is 1.97. The van der Waals surface area contributed by atoms with Gasteiger partial charge < -0.3 is 14.8 Å². The second kappa shape index (κ2) is 12.1. The van der Waals surface area contributed by atoms with E-state index in [1.807, 2.05) is 18.2 Å². The van der Waals surface area contributed by atoms with E-state index < -0.39 is 34.9 Å². The van der Waals surface area contributed by atoms with Crippen LogP contribution in [0.15, 0.2) is 88.7 Å². The Hall–Kier alpha value is -4.68. The minimum atomic E-state index is -0.843. The minimum absolute atomic E-state index is 0.222. The number of rotatable bonds is 8. The highest BCUT2D eigenvalue weighted by molar-refractivity contribution is 8.00. The van der Waals surface area contributed by atoms with Gasteiger partial charge in [-0.1, -0.05) is 53.4 Å². The molecule has 6 rings (SSSR count). The molecule has 0 radical (unpaired) electrons. The summed E-state index contributed by atoms with van der Waals surface area (Å²) >= 11 is 2.12. The van der Waals surface area contributed by atoms with E-state index in [0.717, 1.165) is 33.6 Å². The number of carbonyl (C=O) groups excluding carboxylic acids is 4. The van der Waals surface area contributed by atoms with E-state index >= 15 is 0 Å². The summed E-state index contributed by atoms with van der Waals surface area (Å²) in [6, 6.07) is 22.2. The van der Waals surface area contributed by atoms with Crippen molar-refractivity contribution in [2.75, 3.05) is 23.9 Å². The van der Waals surface area contributed by atoms with Crippen molar-refractivity contribution < 1.29 is 28.7 Å². The van der Waals surface area contributed by atoms with Gasteiger partial charge in [-0.3, -0.25) is 23.7 Å². The van der Waals surface area contributed by atoms with E-state index in [2.05, 4.69) is 5.32 Å². The third-order valence-electron chi connectivity index (χ3n) is 7.52. The van der Waals surface area contributed by atoms with Gasteiger partial charge in [-0.25, -0.2) is 9.69 Å². The number of para-hydroxylation sites is 1. The van der Waals surface area contributed by atoms with E-state index in [1.54, 1.807) is 62.6 Å². The first-order chi connectivity index (χ1) is 21.3. The summed E-state index contributed by atoms with van der Waals surface area (Å²) in [5, 5.41) is 2.45. The van der Waals surface area contributed by atoms with Gasteiger partial charge in [0.05, 0.1) is 35.9 Å². The maximum Gasteiger partial charge on any atom is 0.338 e. The number of amides is 3. The van der Waals surface area contributed by atoms with Crippen molar-refractivity contribution in [3.8, 4) is 5.75 Å². The number of nitrogens with one attached hydrogen (secondary N) is 1. The molecular weight excluding hydrogens is 603 g/mol. The molecule has 224 valence electrons. The van der Waals surface area contributed by atoms with Crippen molar-refractivity contribution >= 4 is 58.2 Å². The lowest BCUT2D eigenvalue weighted by Crippen LogP contribution is -2.33. The highest BCUT2D eigenvalue weighted by atomic mass is 32.2. The number of anilines is 2. The van der Waals surface area contributed by atoms with E-state index in [0.29, 0.717) is 32.6 Å². The molecule has 3 atom stereocenters. The van der Waals surface area contributed by atoms with Crippen LogP contribution in [-0.2, 0) is 25.7 Å². The summed E-state index contributed by atoms with van der Waals surface area (Å²) in [4.78, 5) is 67.9. The van der Waals surface area contributed by atoms with Gasteiger partial charge in [0.25, 0.3) is 0 Å². The first kappa shape index (κ1) is 29.4. The number of thiazole rings is 1. The number of thioether (sulfide) groups is 1. The lowest BCUT2D eigenvalue weighted by atomic mass is 9.83. The minimum Gasteiger partial charge on any atom is -0.497 e. The fraction of sp³-hybridized carbons (Fsp3) is 0.219. The Morgan fingerprint density at radius 1 is 0.909 bits per heavy atom. The number of carbonyl (C=O) groups is 4. The number of aromatic nitrogens is 1. The number of fused-ring (bicyclic) bond motifs is 2. The van der Waals surface area contributed by atoms with Crippen LogP contribution in [0.2, 0.25) is 0 Å². The molecule has 2 aliphatic heterocycles. The van der Waals surface area contributed by atoms with Crippen LogP contribution in [0.5, 0.6) is 5.75 Å². The Balaban J connectivity index is 1.38. The van der Waals surface area contributed by atoms with Crippen LogP contribution in [0.4, 0.5) is 11.4 Å². The lowest BCUT2D eigenvalue weighted by Gasteiger charge is -2.30. The van der Waals surface area contributed by atoms with Crippen LogP contribution >= 0.6 is 23.1 Å². The van der Waals surface area contributed by atoms with Gasteiger partial charge >= 0.3 is 10.8 Å². The second-order valence-corrected chi connectivity index (χ2v) is 12.3. The predicted molar refractivity (Wildman–Crippen MR) is 167 cm³/mol. The van der Waals surface area contributed by atoms with E-state index in [4.69, 9.17) is 9.47 Å². The zero-order valence-corrected chi connectivity index (χ0v) is 25.4. The molecule has 0 aliphatic carbocycles. The Morgan fingerprint density at radius 3 is 2.27 bits per heavy atom. The number of imide groups is 1. The second-order valence-electron chi connectivity index (χ2n) is 10.1. The first-order valence-corrected chi connectivity index (χ1v) is 15.5. The number of ether oxygens (including phenoxy) is 2. The average Bonchev–Trinajstić information content (AvgIpc) is 3.48. The van der Waals surface area contributed by atoms with Crippen molar-refractivity contribution in [3.63, 3.8) is 0 Å². The van der Waals surface area contributed by atoms with E-state index in [-0.39, 0.29) is 23.9 Å². The van der Waals surface area contributed by atoms with Crippen LogP contribution in [0.25, 0.3) is 0 Å². The maximum absolute atomic E-state index is 14.1. The Bertz CT molecular complexity index is 1800. The van der Waals surface area contributed by atoms with Crippen LogP contribution in [0.3, 0.4) is 0 Å². The molecule has 1 aromatic heterocycles. The van der Waals surface area contributed by atoms with Gasteiger partial charge in [0.1, 0.15) is 17.5 Å². The summed E-state index contributed by atoms with van der Waals surface area (Å²) in [7, 11) is 1.55. The maximum atomic E-state index is 14.1. The standard InChI is InChI=1S/C32H27N3O7S2/c1-3-42-31(39)19-9-13-21(14-10-19)35-28(37)25-24(18-11-15-22(41-2)16-12-18)27-30(43-26(25)29(35)38)34(32(40)44-27)17-23(36)33-20-7-5-4-6-8-20/h4-16,24-26H,3,17H2,1-2H3,(H,33,36). The molecule has 3 amide bonds. The molecule has 2 aliphatic rings. The molecule has 0 saturated carbocycles. The van der Waals surface area contributed by atoms with Crippen LogP contribution < -0.4 is 19.8 Å². The van der Waals surface area contributed by atoms with Crippen LogP contribution in [0, 0.1) is 5.92 Å². The molecule has 3 unspecified atom stereocenters. The molecule has 0 bridgehead atoms. The molecule has 3 aromatic carbocycles. The number of benzene rings is 3. The largest absolute Gasteiger partial charge is 0.497 e. The number of hydrogen-bond donors (Lipinski definition) is 1. The number of esters is 1. The van der Waals surface area contributed by atoms with Crippen molar-refractivity contribution in [3.05, 3.63) is 105 Å². The Morgan fingerprint density at radius 2 is 1.61 bits per heavy atom. The van der Waals surface area contributed by atoms with Crippen molar-refractivity contribution in [2.45, 2.75) is 29.7 Å². The summed E-state index contributed by atoms with van der Waals surface area (Å²) in [6.07, 6.45) is 0. The third-order valence-corrected chi connectivity index (χ3v) is 10.1. The van der Waals surface area contributed by atoms with Gasteiger partial charge in [-0.2, -0.15) is 0 Å². The smallest absolute Gasteiger partial charge is 0.338 e. The number of hydrogen-bond acceptors (Lipinski definition) is 9. The van der Waals surface area contributed by atoms with Crippen molar-refractivity contribution in [2.24, 2.45) is 5.92 Å². The fourth-order valence-electron chi connectivity index (χ4n) is 5.51. The van der Waals surface area contributed by atoms with Gasteiger partial charge in [-0.05, 0) is 61.0 Å². The zero-order chi connectivity index (χ0) is 31.0. The van der Waals surface area contributed by atoms with Gasteiger partial charge in [0.15, 0.2) is 0 Å². The monoisotopic (exact) mass is 629 g/mol. The third kappa shape index (κ3) is 5.31. The first-order valence-electron chi connectivity index (χ1n) is 13.8. The van der Waals surface area contributed by atoms with Crippen LogP contribution in [-0.4, -0.2) is 47.2 Å². The van der Waals surface area contributed by atoms with E-state index in [9.17, 15) is 24.0 Å². The van der Waals surface area contributed by atoms with Gasteiger partial charge in [0, 0.05) is 16.5 Å². The number of methoxy groups -OCH3 is 1. The highest BCUT2D eigenvalue weighted by Crippen LogP contribution is 2.54. The molecule has 4 aromatic rings. The predicted octanol–water partition coefficient (Wildman–Crippen LogP) is 4.53. The molecule has 3 heterocycles. The molecule has 1 saturated heterocycles. The van der Waals surface area contributed by atoms with Gasteiger partial charge in [-0.15, -0.1) is 0 Å². The SMILES string of the molecule is CCOC(=O)c1ccc(N2C(=O)C3Sc4c(sc(=O)n4CC(=O)Nc4ccccc4)C(c4ccc(OC)cc4)C3C2=O)cc1. The molecule has 0 spiro atoms. The fourth-order valence-corrected chi connectivity index (χ4v) is 8.28. The lowest BCUT2D eigenvalue weighted by molar-refractivity contribution is -0.122. The summed E-state index contributed by atoms with van der Waals surface area (Å²) < 4.78 is 11.7. The van der Waals surface area contributed by atoms with Gasteiger partial charge in [0.2, 0.25) is 17.7 Å². The summed E-state index contributed by atoms with van der Waals surface area (Å²) in [6.45, 7) is 1.68. The quantitative estimate of drug-likeness (QED) is 0.223. The van der Waals surface area contributed by atoms with Crippen molar-refractivity contribution in [1.29, 1.82) is 0 Å². The Labute approximate surface area is 260 Å². The number of nitrogens with zero attached hydrogens (tertiary/aromatic N) is 2. The highest BCUT2D eigenvalue weighted by Gasteiger charge is 2.56.